The second-order valence-electron chi connectivity index (χ2n) is 6.65. The molecule has 0 fully saturated rings. The smallest absolute Gasteiger partial charge is 0.340 e. The van der Waals surface area contributed by atoms with Crippen LogP contribution in [0.25, 0.3) is 6.08 Å². The van der Waals surface area contributed by atoms with Crippen molar-refractivity contribution in [1.29, 1.82) is 0 Å². The lowest BCUT2D eigenvalue weighted by Crippen LogP contribution is -2.24. The minimum atomic E-state index is -0.730. The Bertz CT molecular complexity index is 1190. The number of carbonyl (C=O) groups excluding carboxylic acids is 2. The van der Waals surface area contributed by atoms with Gasteiger partial charge < -0.3 is 14.2 Å². The van der Waals surface area contributed by atoms with Crippen LogP contribution in [0, 0.1) is 10.1 Å². The van der Waals surface area contributed by atoms with Crippen LogP contribution in [0.5, 0.6) is 11.5 Å². The van der Waals surface area contributed by atoms with E-state index in [9.17, 15) is 19.7 Å². The number of non-ortho nitro benzene ring substituents is 1. The highest BCUT2D eigenvalue weighted by atomic mass is 35.5. The van der Waals surface area contributed by atoms with E-state index in [2.05, 4.69) is 0 Å². The first-order chi connectivity index (χ1) is 15.2. The number of rotatable bonds is 6. The molecule has 1 amide bonds. The first-order valence-corrected chi connectivity index (χ1v) is 9.63. The van der Waals surface area contributed by atoms with E-state index in [4.69, 9.17) is 25.8 Å². The van der Waals surface area contributed by atoms with Gasteiger partial charge in [0.05, 0.1) is 43.1 Å². The van der Waals surface area contributed by atoms with E-state index in [1.807, 2.05) is 0 Å². The Morgan fingerprint density at radius 2 is 1.78 bits per heavy atom. The van der Waals surface area contributed by atoms with E-state index in [-0.39, 0.29) is 27.4 Å². The van der Waals surface area contributed by atoms with Gasteiger partial charge in [0.2, 0.25) is 0 Å². The fraction of sp³-hybridized carbons (Fsp3) is 0.182. The molecule has 1 aliphatic rings. The fourth-order valence-electron chi connectivity index (χ4n) is 3.37. The van der Waals surface area contributed by atoms with Gasteiger partial charge in [-0.05, 0) is 31.2 Å². The van der Waals surface area contributed by atoms with Crippen LogP contribution in [0.15, 0.2) is 53.2 Å². The number of benzene rings is 2. The van der Waals surface area contributed by atoms with Gasteiger partial charge in [-0.2, -0.15) is 0 Å². The van der Waals surface area contributed by atoms with Crippen LogP contribution in [0.4, 0.5) is 11.4 Å². The van der Waals surface area contributed by atoms with Gasteiger partial charge in [-0.3, -0.25) is 19.8 Å². The number of nitro benzene ring substituents is 1. The van der Waals surface area contributed by atoms with Gasteiger partial charge >= 0.3 is 5.97 Å². The largest absolute Gasteiger partial charge is 0.493 e. The van der Waals surface area contributed by atoms with Crippen molar-refractivity contribution in [2.75, 3.05) is 26.2 Å². The van der Waals surface area contributed by atoms with Gasteiger partial charge in [0.25, 0.3) is 11.6 Å². The Morgan fingerprint density at radius 3 is 2.38 bits per heavy atom. The van der Waals surface area contributed by atoms with Gasteiger partial charge in [-0.15, -0.1) is 0 Å². The summed E-state index contributed by atoms with van der Waals surface area (Å²) in [5.74, 6) is -0.398. The van der Waals surface area contributed by atoms with E-state index in [0.717, 1.165) is 0 Å². The molecule has 0 radical (unpaired) electrons. The lowest BCUT2D eigenvalue weighted by Gasteiger charge is -2.19. The molecule has 2 aromatic carbocycles. The summed E-state index contributed by atoms with van der Waals surface area (Å²) in [5.41, 5.74) is 0.777. The third-order valence-electron chi connectivity index (χ3n) is 4.91. The number of nitrogens with zero attached hydrogens (tertiary/aromatic N) is 2. The molecule has 0 bridgehead atoms. The van der Waals surface area contributed by atoms with Crippen molar-refractivity contribution < 1.29 is 28.7 Å². The molecule has 0 saturated heterocycles. The number of hydrogen-bond donors (Lipinski definition) is 0. The molecule has 0 N–H and O–H groups in total. The maximum Gasteiger partial charge on any atom is 0.340 e. The summed E-state index contributed by atoms with van der Waals surface area (Å²) in [7, 11) is 4.15. The Labute approximate surface area is 188 Å². The molecule has 166 valence electrons. The average Bonchev–Trinajstić information content (AvgIpc) is 3.03. The minimum absolute atomic E-state index is 0.00784. The highest BCUT2D eigenvalue weighted by Crippen LogP contribution is 2.39. The van der Waals surface area contributed by atoms with Crippen molar-refractivity contribution in [3.8, 4) is 11.5 Å². The summed E-state index contributed by atoms with van der Waals surface area (Å²) < 4.78 is 15.4. The first kappa shape index (κ1) is 22.8. The van der Waals surface area contributed by atoms with Gasteiger partial charge in [0.15, 0.2) is 11.5 Å². The molecule has 0 unspecified atom stereocenters. The number of halogens is 1. The van der Waals surface area contributed by atoms with E-state index in [0.29, 0.717) is 22.9 Å². The van der Waals surface area contributed by atoms with Crippen molar-refractivity contribution in [3.63, 3.8) is 0 Å². The number of methoxy groups -OCH3 is 3. The van der Waals surface area contributed by atoms with Gasteiger partial charge in [0.1, 0.15) is 0 Å². The van der Waals surface area contributed by atoms with Crippen molar-refractivity contribution in [2.45, 2.75) is 6.92 Å². The van der Waals surface area contributed by atoms with E-state index < -0.39 is 16.8 Å². The molecule has 0 spiro atoms. The molecule has 10 heteroatoms. The number of hydrogen-bond acceptors (Lipinski definition) is 7. The van der Waals surface area contributed by atoms with Gasteiger partial charge in [-0.1, -0.05) is 11.6 Å². The molecule has 32 heavy (non-hydrogen) atoms. The van der Waals surface area contributed by atoms with Crippen LogP contribution in [0.2, 0.25) is 5.02 Å². The molecule has 9 nitrogen and oxygen atoms in total. The average molecular weight is 459 g/mol. The maximum atomic E-state index is 13.4. The Morgan fingerprint density at radius 1 is 1.09 bits per heavy atom. The van der Waals surface area contributed by atoms with Crippen LogP contribution >= 0.6 is 11.6 Å². The predicted octanol–water partition coefficient (Wildman–Crippen LogP) is 4.14. The number of esters is 1. The normalized spacial score (nSPS) is 14.7. The summed E-state index contributed by atoms with van der Waals surface area (Å²) in [6.07, 6.45) is 1.34. The maximum absolute atomic E-state index is 13.4. The SMILES string of the molecule is COC(=O)C1=C(C)N(c2ccc(OC)c(OC)c2)C(=O)/C1=C\c1cc([N+](=O)[O-])ccc1Cl. The van der Waals surface area contributed by atoms with E-state index in [1.165, 1.54) is 50.5 Å². The van der Waals surface area contributed by atoms with Crippen LogP contribution in [-0.2, 0) is 14.3 Å². The van der Waals surface area contributed by atoms with E-state index >= 15 is 0 Å². The summed E-state index contributed by atoms with van der Waals surface area (Å²) in [6, 6.07) is 8.70. The second-order valence-corrected chi connectivity index (χ2v) is 7.06. The number of ether oxygens (including phenoxy) is 3. The zero-order valence-electron chi connectivity index (χ0n) is 17.7. The number of anilines is 1. The predicted molar refractivity (Wildman–Crippen MR) is 118 cm³/mol. The number of amides is 1. The molecule has 0 aromatic heterocycles. The summed E-state index contributed by atoms with van der Waals surface area (Å²) in [4.78, 5) is 37.8. The van der Waals surface area contributed by atoms with Crippen LogP contribution in [0.1, 0.15) is 12.5 Å². The number of nitro groups is 1. The highest BCUT2D eigenvalue weighted by Gasteiger charge is 2.38. The molecule has 3 rings (SSSR count). The summed E-state index contributed by atoms with van der Waals surface area (Å²) in [5, 5.41) is 11.3. The van der Waals surface area contributed by atoms with Crippen LogP contribution in [0.3, 0.4) is 0 Å². The second kappa shape index (κ2) is 9.11. The molecular weight excluding hydrogens is 440 g/mol. The quantitative estimate of drug-likeness (QED) is 0.277. The monoisotopic (exact) mass is 458 g/mol. The van der Waals surface area contributed by atoms with E-state index in [1.54, 1.807) is 25.1 Å². The van der Waals surface area contributed by atoms with Gasteiger partial charge in [-0.25, -0.2) is 4.79 Å². The van der Waals surface area contributed by atoms with Crippen molar-refractivity contribution in [2.24, 2.45) is 0 Å². The van der Waals surface area contributed by atoms with Crippen molar-refractivity contribution in [3.05, 3.63) is 73.9 Å². The molecule has 1 aliphatic heterocycles. The van der Waals surface area contributed by atoms with Crippen molar-refractivity contribution >= 4 is 40.9 Å². The first-order valence-electron chi connectivity index (χ1n) is 9.25. The third kappa shape index (κ3) is 4.02. The zero-order valence-corrected chi connectivity index (χ0v) is 18.4. The summed E-state index contributed by atoms with van der Waals surface area (Å²) >= 11 is 6.20. The minimum Gasteiger partial charge on any atom is -0.493 e. The molecule has 2 aromatic rings. The van der Waals surface area contributed by atoms with Crippen LogP contribution in [-0.4, -0.2) is 38.1 Å². The number of allylic oxidation sites excluding steroid dienone is 1. The molecular formula is C22H19ClN2O7. The number of carbonyl (C=O) groups is 2. The lowest BCUT2D eigenvalue weighted by molar-refractivity contribution is -0.384. The standard InChI is InChI=1S/C22H19ClN2O7/c1-12-20(22(27)32-4)16(10-13-9-15(25(28)29)5-7-17(13)23)21(26)24(12)14-6-8-18(30-2)19(11-14)31-3/h5-11H,1-4H3/b16-10-. The fourth-order valence-corrected chi connectivity index (χ4v) is 3.54. The Balaban J connectivity index is 2.18. The zero-order chi connectivity index (χ0) is 23.6. The highest BCUT2D eigenvalue weighted by molar-refractivity contribution is 6.32. The summed E-state index contributed by atoms with van der Waals surface area (Å²) in [6.45, 7) is 1.59. The molecule has 0 atom stereocenters. The molecule has 1 heterocycles. The van der Waals surface area contributed by atoms with Gasteiger partial charge in [0, 0.05) is 34.5 Å². The Hall–Kier alpha value is -3.85. The van der Waals surface area contributed by atoms with Crippen LogP contribution < -0.4 is 14.4 Å². The molecule has 0 saturated carbocycles. The Kier molecular flexibility index (Phi) is 6.50. The topological polar surface area (TPSA) is 108 Å². The lowest BCUT2D eigenvalue weighted by atomic mass is 10.0. The third-order valence-corrected chi connectivity index (χ3v) is 5.25. The molecule has 0 aliphatic carbocycles. The van der Waals surface area contributed by atoms with Crippen molar-refractivity contribution in [1.82, 2.24) is 0 Å².